The third-order valence-electron chi connectivity index (χ3n) is 8.28. The lowest BCUT2D eigenvalue weighted by atomic mass is 9.53. The maximum Gasteiger partial charge on any atom is 0.143 e. The molecule has 5 unspecified atom stereocenters. The van der Waals surface area contributed by atoms with Crippen molar-refractivity contribution < 1.29 is 15.0 Å². The first-order chi connectivity index (χ1) is 15.0. The Hall–Kier alpha value is -1.71. The van der Waals surface area contributed by atoms with Gasteiger partial charge in [-0.15, -0.1) is 0 Å². The van der Waals surface area contributed by atoms with Gasteiger partial charge in [0.15, 0.2) is 0 Å². The molecule has 4 rings (SSSR count). The fourth-order valence-electron chi connectivity index (χ4n) is 6.76. The van der Waals surface area contributed by atoms with Crippen molar-refractivity contribution in [3.05, 3.63) is 58.2 Å². The van der Waals surface area contributed by atoms with Gasteiger partial charge in [-0.3, -0.25) is 4.79 Å². The minimum absolute atomic E-state index is 0.00542. The molecular weight excluding hydrogens is 384 g/mol. The molecule has 0 radical (unpaired) electrons. The molecule has 0 bridgehead atoms. The van der Waals surface area contributed by atoms with Gasteiger partial charge in [0.2, 0.25) is 0 Å². The number of aryl methyl sites for hydroxylation is 1. The Bertz CT molecular complexity index is 819. The Kier molecular flexibility index (Phi) is 7.93. The molecule has 0 saturated heterocycles. The predicted octanol–water partition coefficient (Wildman–Crippen LogP) is 5.75. The Morgan fingerprint density at radius 1 is 1.10 bits per heavy atom. The molecule has 1 aromatic carbocycles. The molecule has 170 valence electrons. The van der Waals surface area contributed by atoms with Crippen molar-refractivity contribution in [3.63, 3.8) is 0 Å². The Morgan fingerprint density at radius 2 is 1.81 bits per heavy atom. The SMILES string of the molecule is CCCC1=C2C(c3ccc(CC)cc3)CC3(C)C(O)CCC3C2CC/C1=C/C=O.CO. The van der Waals surface area contributed by atoms with E-state index >= 15 is 0 Å². The van der Waals surface area contributed by atoms with Gasteiger partial charge in [-0.2, -0.15) is 0 Å². The molecule has 0 spiro atoms. The first-order valence-electron chi connectivity index (χ1n) is 12.1. The van der Waals surface area contributed by atoms with E-state index in [0.717, 1.165) is 64.8 Å². The highest BCUT2D eigenvalue weighted by Crippen LogP contribution is 2.63. The second kappa shape index (κ2) is 10.3. The minimum atomic E-state index is -0.187. The first kappa shape index (κ1) is 23.9. The number of carbonyl (C=O) groups excluding carboxylic acids is 1. The lowest BCUT2D eigenvalue weighted by molar-refractivity contribution is -0.104. The summed E-state index contributed by atoms with van der Waals surface area (Å²) >= 11 is 0. The standard InChI is InChI=1S/C27H36O2.CH4O/c1-4-6-21-20(15-16-28)11-12-22-24-13-14-25(29)27(24,3)17-23(26(21)22)19-9-7-18(5-2)8-10-19;1-2/h7-10,15-16,22-25,29H,4-6,11-14,17H2,1-3H3;2H,1H3/b20-15-;. The molecule has 2 saturated carbocycles. The summed E-state index contributed by atoms with van der Waals surface area (Å²) in [6.45, 7) is 6.79. The second-order valence-electron chi connectivity index (χ2n) is 9.71. The van der Waals surface area contributed by atoms with Crippen molar-refractivity contribution in [3.8, 4) is 0 Å². The van der Waals surface area contributed by atoms with Gasteiger partial charge in [-0.25, -0.2) is 0 Å². The van der Waals surface area contributed by atoms with Crippen LogP contribution in [0.3, 0.4) is 0 Å². The van der Waals surface area contributed by atoms with Gasteiger partial charge >= 0.3 is 0 Å². The van der Waals surface area contributed by atoms with Crippen molar-refractivity contribution in [2.75, 3.05) is 7.11 Å². The van der Waals surface area contributed by atoms with Gasteiger partial charge in [-0.05, 0) is 90.5 Å². The van der Waals surface area contributed by atoms with E-state index in [-0.39, 0.29) is 11.5 Å². The zero-order valence-corrected chi connectivity index (χ0v) is 19.7. The molecule has 2 N–H and O–H groups in total. The van der Waals surface area contributed by atoms with E-state index in [1.807, 2.05) is 6.08 Å². The molecule has 0 aliphatic heterocycles. The molecule has 3 aliphatic carbocycles. The summed E-state index contributed by atoms with van der Waals surface area (Å²) in [6, 6.07) is 9.18. The molecule has 2 fully saturated rings. The number of fused-ring (bicyclic) bond motifs is 3. The molecule has 0 heterocycles. The monoisotopic (exact) mass is 424 g/mol. The zero-order valence-electron chi connectivity index (χ0n) is 19.7. The Balaban J connectivity index is 0.00000132. The topological polar surface area (TPSA) is 57.5 Å². The fourth-order valence-corrected chi connectivity index (χ4v) is 6.76. The third-order valence-corrected chi connectivity index (χ3v) is 8.28. The lowest BCUT2D eigenvalue weighted by Gasteiger charge is -2.51. The molecule has 3 heteroatoms. The number of aliphatic hydroxyl groups is 2. The van der Waals surface area contributed by atoms with Gasteiger partial charge in [0.25, 0.3) is 0 Å². The van der Waals surface area contributed by atoms with Crippen molar-refractivity contribution >= 4 is 6.29 Å². The fraction of sp³-hybridized carbons (Fsp3) is 0.607. The number of benzene rings is 1. The highest BCUT2D eigenvalue weighted by atomic mass is 16.3. The van der Waals surface area contributed by atoms with E-state index < -0.39 is 0 Å². The summed E-state index contributed by atoms with van der Waals surface area (Å²) in [5.41, 5.74) is 7.10. The maximum atomic E-state index is 11.3. The van der Waals surface area contributed by atoms with Crippen molar-refractivity contribution in [2.24, 2.45) is 17.3 Å². The maximum absolute atomic E-state index is 11.3. The molecule has 0 aromatic heterocycles. The summed E-state index contributed by atoms with van der Waals surface area (Å²) in [4.78, 5) is 11.3. The first-order valence-corrected chi connectivity index (χ1v) is 12.1. The minimum Gasteiger partial charge on any atom is -0.400 e. The van der Waals surface area contributed by atoms with Crippen LogP contribution in [0.1, 0.15) is 82.8 Å². The van der Waals surface area contributed by atoms with Crippen LogP contribution in [0.25, 0.3) is 0 Å². The van der Waals surface area contributed by atoms with Crippen LogP contribution in [-0.4, -0.2) is 29.7 Å². The average molecular weight is 425 g/mol. The average Bonchev–Trinajstić information content (AvgIpc) is 3.10. The zero-order chi connectivity index (χ0) is 22.6. The van der Waals surface area contributed by atoms with Gasteiger partial charge < -0.3 is 10.2 Å². The van der Waals surface area contributed by atoms with Crippen LogP contribution in [0.4, 0.5) is 0 Å². The summed E-state index contributed by atoms with van der Waals surface area (Å²) in [6.07, 6.45) is 11.1. The molecule has 31 heavy (non-hydrogen) atoms. The van der Waals surface area contributed by atoms with Gasteiger partial charge in [0.05, 0.1) is 6.10 Å². The molecule has 5 atom stereocenters. The van der Waals surface area contributed by atoms with Gasteiger partial charge in [0, 0.05) is 13.0 Å². The van der Waals surface area contributed by atoms with Crippen LogP contribution >= 0.6 is 0 Å². The number of aldehydes is 1. The number of carbonyl (C=O) groups is 1. The van der Waals surface area contributed by atoms with E-state index in [0.29, 0.717) is 17.8 Å². The number of rotatable bonds is 5. The van der Waals surface area contributed by atoms with Crippen molar-refractivity contribution in [1.29, 1.82) is 0 Å². The van der Waals surface area contributed by atoms with E-state index in [1.54, 1.807) is 5.57 Å². The summed E-state index contributed by atoms with van der Waals surface area (Å²) < 4.78 is 0. The van der Waals surface area contributed by atoms with Crippen LogP contribution in [-0.2, 0) is 11.2 Å². The summed E-state index contributed by atoms with van der Waals surface area (Å²) in [5, 5.41) is 18.0. The Morgan fingerprint density at radius 3 is 2.42 bits per heavy atom. The van der Waals surface area contributed by atoms with Gasteiger partial charge in [0.1, 0.15) is 6.29 Å². The second-order valence-corrected chi connectivity index (χ2v) is 9.71. The van der Waals surface area contributed by atoms with E-state index in [2.05, 4.69) is 45.0 Å². The summed E-state index contributed by atoms with van der Waals surface area (Å²) in [5.74, 6) is 1.48. The number of hydrogen-bond donors (Lipinski definition) is 2. The number of allylic oxidation sites excluding steroid dienone is 4. The van der Waals surface area contributed by atoms with Crippen LogP contribution in [0, 0.1) is 17.3 Å². The predicted molar refractivity (Wildman–Crippen MR) is 127 cm³/mol. The van der Waals surface area contributed by atoms with Crippen molar-refractivity contribution in [1.82, 2.24) is 0 Å². The molecule has 3 nitrogen and oxygen atoms in total. The van der Waals surface area contributed by atoms with E-state index in [4.69, 9.17) is 5.11 Å². The van der Waals surface area contributed by atoms with Crippen molar-refractivity contribution in [2.45, 2.75) is 84.2 Å². The number of aliphatic hydroxyl groups excluding tert-OH is 2. The van der Waals surface area contributed by atoms with Crippen LogP contribution in [0.15, 0.2) is 47.1 Å². The lowest BCUT2D eigenvalue weighted by Crippen LogP contribution is -2.44. The highest BCUT2D eigenvalue weighted by Gasteiger charge is 2.56. The molecule has 3 aliphatic rings. The van der Waals surface area contributed by atoms with Crippen LogP contribution < -0.4 is 0 Å². The van der Waals surface area contributed by atoms with E-state index in [1.165, 1.54) is 22.3 Å². The number of hydrogen-bond acceptors (Lipinski definition) is 3. The molecular formula is C28H40O3. The molecule has 0 amide bonds. The molecule has 1 aromatic rings. The Labute approximate surface area is 188 Å². The quantitative estimate of drug-likeness (QED) is 0.467. The largest absolute Gasteiger partial charge is 0.400 e. The van der Waals surface area contributed by atoms with Crippen LogP contribution in [0.5, 0.6) is 0 Å². The van der Waals surface area contributed by atoms with Gasteiger partial charge in [-0.1, -0.05) is 57.0 Å². The summed E-state index contributed by atoms with van der Waals surface area (Å²) in [7, 11) is 1.00. The third kappa shape index (κ3) is 4.32. The van der Waals surface area contributed by atoms with Crippen LogP contribution in [0.2, 0.25) is 0 Å². The smallest absolute Gasteiger partial charge is 0.143 e. The normalized spacial score (nSPS) is 33.4. The highest BCUT2D eigenvalue weighted by molar-refractivity contribution is 5.69. The van der Waals surface area contributed by atoms with E-state index in [9.17, 15) is 9.90 Å².